The number of nitro groups is 1. The van der Waals surface area contributed by atoms with Gasteiger partial charge in [-0.1, -0.05) is 24.3 Å². The Kier molecular flexibility index (Phi) is 6.02. The smallest absolute Gasteiger partial charge is 0.273 e. The quantitative estimate of drug-likeness (QED) is 0.597. The number of aliphatic hydroxyl groups excluding tert-OH is 1. The maximum atomic E-state index is 13.4. The normalized spacial score (nSPS) is 11.9. The van der Waals surface area contributed by atoms with Crippen LogP contribution in [0.4, 0.5) is 10.1 Å². The molecule has 7 heteroatoms. The van der Waals surface area contributed by atoms with E-state index in [-0.39, 0.29) is 37.1 Å². The fourth-order valence-electron chi connectivity index (χ4n) is 1.85. The van der Waals surface area contributed by atoms with Crippen molar-refractivity contribution in [2.75, 3.05) is 13.2 Å². The van der Waals surface area contributed by atoms with Gasteiger partial charge >= 0.3 is 0 Å². The van der Waals surface area contributed by atoms with E-state index in [1.54, 1.807) is 24.3 Å². The highest BCUT2D eigenvalue weighted by Gasteiger charge is 2.10. The SMILES string of the molecule is O=[N+]([O-])c1cccc(OCC(O)COCc2ccccc2F)c1. The van der Waals surface area contributed by atoms with Gasteiger partial charge in [0.15, 0.2) is 0 Å². The van der Waals surface area contributed by atoms with Gasteiger partial charge in [0.1, 0.15) is 24.3 Å². The predicted octanol–water partition coefficient (Wildman–Crippen LogP) is 2.69. The number of nitro benzene ring substituents is 1. The van der Waals surface area contributed by atoms with E-state index in [0.29, 0.717) is 5.56 Å². The van der Waals surface area contributed by atoms with E-state index in [1.807, 2.05) is 0 Å². The molecule has 0 fully saturated rings. The Morgan fingerprint density at radius 1 is 1.17 bits per heavy atom. The fraction of sp³-hybridized carbons (Fsp3) is 0.250. The highest BCUT2D eigenvalue weighted by Crippen LogP contribution is 2.19. The van der Waals surface area contributed by atoms with Crippen molar-refractivity contribution in [3.8, 4) is 5.75 Å². The van der Waals surface area contributed by atoms with E-state index < -0.39 is 11.0 Å². The molecule has 0 heterocycles. The summed E-state index contributed by atoms with van der Waals surface area (Å²) in [6, 6.07) is 11.9. The molecule has 1 N–H and O–H groups in total. The van der Waals surface area contributed by atoms with E-state index in [2.05, 4.69) is 0 Å². The van der Waals surface area contributed by atoms with Gasteiger partial charge in [-0.25, -0.2) is 4.39 Å². The average Bonchev–Trinajstić information content (AvgIpc) is 2.55. The standard InChI is InChI=1S/C16H16FNO5/c17-16-7-2-1-4-12(16)9-22-10-14(19)11-23-15-6-3-5-13(8-15)18(20)21/h1-8,14,19H,9-11H2. The highest BCUT2D eigenvalue weighted by atomic mass is 19.1. The molecule has 0 amide bonds. The van der Waals surface area contributed by atoms with Crippen LogP contribution in [0.1, 0.15) is 5.56 Å². The molecular formula is C16H16FNO5. The van der Waals surface area contributed by atoms with Gasteiger partial charge in [0, 0.05) is 11.6 Å². The van der Waals surface area contributed by atoms with E-state index in [1.165, 1.54) is 24.3 Å². The zero-order valence-corrected chi connectivity index (χ0v) is 12.2. The van der Waals surface area contributed by atoms with E-state index in [0.717, 1.165) is 0 Å². The second-order valence-corrected chi connectivity index (χ2v) is 4.83. The Morgan fingerprint density at radius 2 is 1.96 bits per heavy atom. The number of ether oxygens (including phenoxy) is 2. The van der Waals surface area contributed by atoms with Crippen molar-refractivity contribution in [1.82, 2.24) is 0 Å². The van der Waals surface area contributed by atoms with Crippen LogP contribution >= 0.6 is 0 Å². The first-order valence-electron chi connectivity index (χ1n) is 6.92. The molecule has 0 radical (unpaired) electrons. The third-order valence-electron chi connectivity index (χ3n) is 3.00. The van der Waals surface area contributed by atoms with Crippen LogP contribution in [-0.2, 0) is 11.3 Å². The van der Waals surface area contributed by atoms with Crippen LogP contribution in [0.25, 0.3) is 0 Å². The van der Waals surface area contributed by atoms with Gasteiger partial charge in [-0.3, -0.25) is 10.1 Å². The van der Waals surface area contributed by atoms with Crippen LogP contribution < -0.4 is 4.74 Å². The monoisotopic (exact) mass is 321 g/mol. The lowest BCUT2D eigenvalue weighted by atomic mass is 10.2. The van der Waals surface area contributed by atoms with Gasteiger partial charge in [-0.2, -0.15) is 0 Å². The molecule has 6 nitrogen and oxygen atoms in total. The topological polar surface area (TPSA) is 81.8 Å². The number of nitrogens with zero attached hydrogens (tertiary/aromatic N) is 1. The molecule has 2 rings (SSSR count). The molecular weight excluding hydrogens is 305 g/mol. The van der Waals surface area contributed by atoms with Crippen LogP contribution in [0, 0.1) is 15.9 Å². The maximum Gasteiger partial charge on any atom is 0.273 e. The minimum atomic E-state index is -0.930. The Hall–Kier alpha value is -2.51. The van der Waals surface area contributed by atoms with Gasteiger partial charge in [-0.05, 0) is 12.1 Å². The van der Waals surface area contributed by atoms with E-state index in [4.69, 9.17) is 9.47 Å². The summed E-state index contributed by atoms with van der Waals surface area (Å²) in [4.78, 5) is 10.1. The molecule has 23 heavy (non-hydrogen) atoms. The number of rotatable bonds is 8. The summed E-state index contributed by atoms with van der Waals surface area (Å²) < 4.78 is 23.9. The first-order chi connectivity index (χ1) is 11.1. The van der Waals surface area contributed by atoms with Gasteiger partial charge in [-0.15, -0.1) is 0 Å². The summed E-state index contributed by atoms with van der Waals surface area (Å²) in [5.41, 5.74) is 0.312. The second-order valence-electron chi connectivity index (χ2n) is 4.83. The third kappa shape index (κ3) is 5.32. The lowest BCUT2D eigenvalue weighted by Crippen LogP contribution is -2.23. The minimum Gasteiger partial charge on any atom is -0.491 e. The van der Waals surface area contributed by atoms with Crippen LogP contribution in [-0.4, -0.2) is 29.3 Å². The zero-order chi connectivity index (χ0) is 16.7. The number of benzene rings is 2. The van der Waals surface area contributed by atoms with Crippen molar-refractivity contribution in [2.24, 2.45) is 0 Å². The lowest BCUT2D eigenvalue weighted by molar-refractivity contribution is -0.384. The summed E-state index contributed by atoms with van der Waals surface area (Å²) in [6.45, 7) is -0.0811. The van der Waals surface area contributed by atoms with E-state index >= 15 is 0 Å². The third-order valence-corrected chi connectivity index (χ3v) is 3.00. The average molecular weight is 321 g/mol. The van der Waals surface area contributed by atoms with Crippen LogP contribution in [0.2, 0.25) is 0 Å². The molecule has 0 spiro atoms. The number of non-ortho nitro benzene ring substituents is 1. The molecule has 0 aliphatic heterocycles. The molecule has 1 unspecified atom stereocenters. The molecule has 2 aromatic rings. The Bertz CT molecular complexity index is 664. The number of hydrogen-bond donors (Lipinski definition) is 1. The van der Waals surface area contributed by atoms with Crippen molar-refractivity contribution in [2.45, 2.75) is 12.7 Å². The minimum absolute atomic E-state index is 0.0384. The molecule has 0 aliphatic rings. The zero-order valence-electron chi connectivity index (χ0n) is 12.2. The second kappa shape index (κ2) is 8.21. The van der Waals surface area contributed by atoms with Crippen molar-refractivity contribution >= 4 is 5.69 Å². The summed E-state index contributed by atoms with van der Waals surface area (Å²) in [7, 11) is 0. The summed E-state index contributed by atoms with van der Waals surface area (Å²) in [5, 5.41) is 20.4. The van der Waals surface area contributed by atoms with Gasteiger partial charge < -0.3 is 14.6 Å². The molecule has 0 bridgehead atoms. The predicted molar refractivity (Wildman–Crippen MR) is 80.7 cm³/mol. The summed E-state index contributed by atoms with van der Waals surface area (Å²) in [6.07, 6.45) is -0.930. The molecule has 0 saturated heterocycles. The molecule has 0 aliphatic carbocycles. The van der Waals surface area contributed by atoms with Crippen LogP contribution in [0.3, 0.4) is 0 Å². The highest BCUT2D eigenvalue weighted by molar-refractivity contribution is 5.37. The van der Waals surface area contributed by atoms with Gasteiger partial charge in [0.2, 0.25) is 0 Å². The van der Waals surface area contributed by atoms with E-state index in [9.17, 15) is 19.6 Å². The summed E-state index contributed by atoms with van der Waals surface area (Å²) in [5.74, 6) is -0.0813. The maximum absolute atomic E-state index is 13.4. The number of halogens is 1. The van der Waals surface area contributed by atoms with Crippen molar-refractivity contribution in [3.63, 3.8) is 0 Å². The van der Waals surface area contributed by atoms with Crippen molar-refractivity contribution in [3.05, 3.63) is 70.0 Å². The molecule has 122 valence electrons. The molecule has 0 aromatic heterocycles. The Balaban J connectivity index is 1.75. The Labute approximate surface area is 132 Å². The number of aliphatic hydroxyl groups is 1. The lowest BCUT2D eigenvalue weighted by Gasteiger charge is -2.13. The Morgan fingerprint density at radius 3 is 2.70 bits per heavy atom. The largest absolute Gasteiger partial charge is 0.491 e. The molecule has 0 saturated carbocycles. The van der Waals surface area contributed by atoms with Gasteiger partial charge in [0.25, 0.3) is 5.69 Å². The summed E-state index contributed by atoms with van der Waals surface area (Å²) >= 11 is 0. The van der Waals surface area contributed by atoms with Crippen molar-refractivity contribution in [1.29, 1.82) is 0 Å². The van der Waals surface area contributed by atoms with Crippen molar-refractivity contribution < 1.29 is 23.9 Å². The van der Waals surface area contributed by atoms with Crippen LogP contribution in [0.5, 0.6) is 5.75 Å². The molecule has 2 aromatic carbocycles. The van der Waals surface area contributed by atoms with Gasteiger partial charge in [0.05, 0.1) is 24.2 Å². The first-order valence-corrected chi connectivity index (χ1v) is 6.92. The fourth-order valence-corrected chi connectivity index (χ4v) is 1.85. The first kappa shape index (κ1) is 16.9. The van der Waals surface area contributed by atoms with Crippen LogP contribution in [0.15, 0.2) is 48.5 Å². The number of hydrogen-bond acceptors (Lipinski definition) is 5. The molecule has 1 atom stereocenters.